The summed E-state index contributed by atoms with van der Waals surface area (Å²) >= 11 is 0. The van der Waals surface area contributed by atoms with Crippen molar-refractivity contribution >= 4 is 16.9 Å². The van der Waals surface area contributed by atoms with Crippen molar-refractivity contribution in [1.29, 1.82) is 0 Å². The van der Waals surface area contributed by atoms with Crippen LogP contribution >= 0.6 is 0 Å². The van der Waals surface area contributed by atoms with Crippen LogP contribution in [0, 0.1) is 0 Å². The molecule has 1 aromatic heterocycles. The lowest BCUT2D eigenvalue weighted by atomic mass is 10.2. The van der Waals surface area contributed by atoms with Crippen LogP contribution in [0.1, 0.15) is 5.76 Å². The first-order valence-corrected chi connectivity index (χ1v) is 6.29. The van der Waals surface area contributed by atoms with E-state index in [1.54, 1.807) is 0 Å². The van der Waals surface area contributed by atoms with E-state index in [4.69, 9.17) is 4.42 Å². The maximum Gasteiger partial charge on any atom is 0.230 e. The Morgan fingerprint density at radius 2 is 2.06 bits per heavy atom. The second kappa shape index (κ2) is 4.82. The van der Waals surface area contributed by atoms with Crippen LogP contribution in [-0.2, 0) is 11.2 Å². The number of hydrogen-bond donors (Lipinski definition) is 1. The van der Waals surface area contributed by atoms with Gasteiger partial charge in [-0.2, -0.15) is 0 Å². The van der Waals surface area contributed by atoms with Crippen LogP contribution in [0.5, 0.6) is 0 Å². The molecule has 1 amide bonds. The molecule has 4 nitrogen and oxygen atoms in total. The molecule has 0 unspecified atom stereocenters. The summed E-state index contributed by atoms with van der Waals surface area (Å²) < 4.78 is 5.67. The van der Waals surface area contributed by atoms with Crippen LogP contribution in [0.25, 0.3) is 11.0 Å². The topological polar surface area (TPSA) is 45.5 Å². The largest absolute Gasteiger partial charge is 0.461 e. The lowest BCUT2D eigenvalue weighted by Crippen LogP contribution is -2.46. The Morgan fingerprint density at radius 1 is 1.28 bits per heavy atom. The van der Waals surface area contributed by atoms with Crippen LogP contribution in [-0.4, -0.2) is 37.0 Å². The van der Waals surface area contributed by atoms with Crippen molar-refractivity contribution in [2.24, 2.45) is 0 Å². The van der Waals surface area contributed by atoms with Crippen LogP contribution in [0.2, 0.25) is 0 Å². The number of nitrogens with one attached hydrogen (secondary N) is 1. The lowest BCUT2D eigenvalue weighted by molar-refractivity contribution is -0.131. The van der Waals surface area contributed by atoms with Gasteiger partial charge in [-0.25, -0.2) is 0 Å². The van der Waals surface area contributed by atoms with Crippen molar-refractivity contribution in [3.05, 3.63) is 36.1 Å². The van der Waals surface area contributed by atoms with Crippen molar-refractivity contribution in [2.45, 2.75) is 6.42 Å². The molecule has 0 saturated carbocycles. The van der Waals surface area contributed by atoms with Crippen molar-refractivity contribution in [1.82, 2.24) is 10.2 Å². The predicted octanol–water partition coefficient (Wildman–Crippen LogP) is 1.41. The zero-order valence-electron chi connectivity index (χ0n) is 10.2. The van der Waals surface area contributed by atoms with E-state index >= 15 is 0 Å². The standard InChI is InChI=1S/C14H16N2O2/c17-14(16-7-5-15-6-8-16)10-12-9-11-3-1-2-4-13(11)18-12/h1-4,9,15H,5-8,10H2. The summed E-state index contributed by atoms with van der Waals surface area (Å²) in [6.07, 6.45) is 0.356. The minimum absolute atomic E-state index is 0.149. The smallest absolute Gasteiger partial charge is 0.230 e. The Kier molecular flexibility index (Phi) is 3.02. The summed E-state index contributed by atoms with van der Waals surface area (Å²) in [6, 6.07) is 9.79. The maximum absolute atomic E-state index is 12.1. The predicted molar refractivity (Wildman–Crippen MR) is 69.4 cm³/mol. The number of rotatable bonds is 2. The molecule has 3 rings (SSSR count). The summed E-state index contributed by atoms with van der Waals surface area (Å²) in [4.78, 5) is 14.0. The fraction of sp³-hybridized carbons (Fsp3) is 0.357. The molecule has 1 N–H and O–H groups in total. The summed E-state index contributed by atoms with van der Waals surface area (Å²) in [6.45, 7) is 3.34. The molecule has 0 atom stereocenters. The van der Waals surface area contributed by atoms with E-state index in [-0.39, 0.29) is 5.91 Å². The third kappa shape index (κ3) is 2.24. The molecule has 0 bridgehead atoms. The molecule has 0 radical (unpaired) electrons. The number of nitrogens with zero attached hydrogens (tertiary/aromatic N) is 1. The molecule has 1 aromatic carbocycles. The van der Waals surface area contributed by atoms with E-state index in [0.717, 1.165) is 42.9 Å². The first kappa shape index (κ1) is 11.3. The highest BCUT2D eigenvalue weighted by atomic mass is 16.3. The Hall–Kier alpha value is -1.81. The molecule has 1 aliphatic heterocycles. The molecule has 0 spiro atoms. The summed E-state index contributed by atoms with van der Waals surface area (Å²) in [5.74, 6) is 0.898. The van der Waals surface area contributed by atoms with Gasteiger partial charge in [0.2, 0.25) is 5.91 Å². The molecule has 94 valence electrons. The first-order valence-electron chi connectivity index (χ1n) is 6.29. The van der Waals surface area contributed by atoms with E-state index in [9.17, 15) is 4.79 Å². The van der Waals surface area contributed by atoms with Gasteiger partial charge in [0.05, 0.1) is 6.42 Å². The van der Waals surface area contributed by atoms with Gasteiger partial charge in [-0.1, -0.05) is 18.2 Å². The zero-order valence-corrected chi connectivity index (χ0v) is 10.2. The third-order valence-electron chi connectivity index (χ3n) is 3.27. The second-order valence-electron chi connectivity index (χ2n) is 4.56. The molecule has 1 saturated heterocycles. The summed E-state index contributed by atoms with van der Waals surface area (Å²) in [5.41, 5.74) is 0.848. The zero-order chi connectivity index (χ0) is 12.4. The van der Waals surface area contributed by atoms with Gasteiger partial charge in [0.15, 0.2) is 0 Å². The highest BCUT2D eigenvalue weighted by Crippen LogP contribution is 2.19. The minimum Gasteiger partial charge on any atom is -0.461 e. The quantitative estimate of drug-likeness (QED) is 0.868. The van der Waals surface area contributed by atoms with Gasteiger partial charge < -0.3 is 14.6 Å². The minimum atomic E-state index is 0.149. The number of para-hydroxylation sites is 1. The molecule has 2 heterocycles. The molecule has 2 aromatic rings. The Bertz CT molecular complexity index is 523. The molecule has 4 heteroatoms. The SMILES string of the molecule is O=C(Cc1cc2ccccc2o1)N1CCNCC1. The summed E-state index contributed by atoms with van der Waals surface area (Å²) in [5, 5.41) is 4.29. The number of hydrogen-bond acceptors (Lipinski definition) is 3. The van der Waals surface area contributed by atoms with Gasteiger partial charge in [-0.3, -0.25) is 4.79 Å². The Morgan fingerprint density at radius 3 is 2.83 bits per heavy atom. The van der Waals surface area contributed by atoms with Crippen molar-refractivity contribution in [2.75, 3.05) is 26.2 Å². The van der Waals surface area contributed by atoms with E-state index in [0.29, 0.717) is 6.42 Å². The Balaban J connectivity index is 1.73. The van der Waals surface area contributed by atoms with E-state index < -0.39 is 0 Å². The fourth-order valence-corrected chi connectivity index (χ4v) is 2.30. The van der Waals surface area contributed by atoms with Crippen LogP contribution in [0.4, 0.5) is 0 Å². The summed E-state index contributed by atoms with van der Waals surface area (Å²) in [7, 11) is 0. The molecule has 1 aliphatic rings. The fourth-order valence-electron chi connectivity index (χ4n) is 2.30. The van der Waals surface area contributed by atoms with E-state index in [1.165, 1.54) is 0 Å². The second-order valence-corrected chi connectivity index (χ2v) is 4.56. The number of carbonyl (C=O) groups excluding carboxylic acids is 1. The average molecular weight is 244 g/mol. The molecule has 18 heavy (non-hydrogen) atoms. The maximum atomic E-state index is 12.1. The van der Waals surface area contributed by atoms with Gasteiger partial charge in [-0.15, -0.1) is 0 Å². The molecule has 1 fully saturated rings. The number of piperazine rings is 1. The van der Waals surface area contributed by atoms with Crippen molar-refractivity contribution in [3.63, 3.8) is 0 Å². The van der Waals surface area contributed by atoms with Gasteiger partial charge in [0.1, 0.15) is 11.3 Å². The van der Waals surface area contributed by atoms with Crippen LogP contribution < -0.4 is 5.32 Å². The van der Waals surface area contributed by atoms with Crippen molar-refractivity contribution < 1.29 is 9.21 Å². The molecular formula is C14H16N2O2. The molecular weight excluding hydrogens is 228 g/mol. The lowest BCUT2D eigenvalue weighted by Gasteiger charge is -2.27. The number of furan rings is 1. The van der Waals surface area contributed by atoms with Crippen LogP contribution in [0.15, 0.2) is 34.7 Å². The first-order chi connectivity index (χ1) is 8.83. The van der Waals surface area contributed by atoms with E-state index in [1.807, 2.05) is 35.2 Å². The van der Waals surface area contributed by atoms with Gasteiger partial charge >= 0.3 is 0 Å². The van der Waals surface area contributed by atoms with Gasteiger partial charge in [0.25, 0.3) is 0 Å². The molecule has 0 aliphatic carbocycles. The third-order valence-corrected chi connectivity index (χ3v) is 3.27. The highest BCUT2D eigenvalue weighted by molar-refractivity contribution is 5.82. The number of benzene rings is 1. The Labute approximate surface area is 106 Å². The number of carbonyl (C=O) groups is 1. The van der Waals surface area contributed by atoms with Gasteiger partial charge in [0, 0.05) is 31.6 Å². The van der Waals surface area contributed by atoms with Crippen LogP contribution in [0.3, 0.4) is 0 Å². The number of amides is 1. The van der Waals surface area contributed by atoms with Gasteiger partial charge in [-0.05, 0) is 12.1 Å². The van der Waals surface area contributed by atoms with Crippen molar-refractivity contribution in [3.8, 4) is 0 Å². The average Bonchev–Trinajstić information content (AvgIpc) is 2.82. The normalized spacial score (nSPS) is 16.1. The monoisotopic (exact) mass is 244 g/mol. The van der Waals surface area contributed by atoms with E-state index in [2.05, 4.69) is 5.32 Å². The number of fused-ring (bicyclic) bond motifs is 1. The highest BCUT2D eigenvalue weighted by Gasteiger charge is 2.17.